The maximum absolute atomic E-state index is 14.2. The molecule has 0 radical (unpaired) electrons. The number of esters is 6. The van der Waals surface area contributed by atoms with Crippen LogP contribution < -0.4 is 0 Å². The maximum Gasteiger partial charge on any atom is 0.351 e. The minimum absolute atomic E-state index is 0.0130. The molecule has 0 amide bonds. The number of hydrogen-bond donors (Lipinski definition) is 1. The number of ether oxygens (including phenoxy) is 6. The van der Waals surface area contributed by atoms with Crippen LogP contribution in [-0.2, 0) is 62.0 Å². The lowest BCUT2D eigenvalue weighted by Crippen LogP contribution is -2.49. The molecular weight excluding hydrogens is 899 g/mol. The van der Waals surface area contributed by atoms with Gasteiger partial charge in [-0.2, -0.15) is 0 Å². The number of carbonyl (C=O) groups is 7. The molecule has 15 heteroatoms. The van der Waals surface area contributed by atoms with Crippen molar-refractivity contribution in [2.75, 3.05) is 52.7 Å². The van der Waals surface area contributed by atoms with Crippen molar-refractivity contribution in [2.45, 2.75) is 257 Å². The van der Waals surface area contributed by atoms with Crippen LogP contribution >= 0.6 is 0 Å². The molecule has 0 spiro atoms. The number of aliphatic hydroxyl groups is 1. The third kappa shape index (κ3) is 34.7. The van der Waals surface area contributed by atoms with Gasteiger partial charge in [0.05, 0.1) is 58.9 Å². The van der Waals surface area contributed by atoms with Gasteiger partial charge < -0.3 is 33.5 Å². The SMILES string of the molecule is CCCCCCCC(=O)CCCCCCOC(=O)C(CC(=O)OCCCCCOC(=O)CCCCCCC)(CC(=O)OCCCCCOC(=O)CCCCCCC)OC(=O)CCN(CCO)C1CCC1. The van der Waals surface area contributed by atoms with E-state index in [2.05, 4.69) is 20.8 Å². The van der Waals surface area contributed by atoms with Crippen LogP contribution in [0, 0.1) is 0 Å². The number of rotatable bonds is 49. The van der Waals surface area contributed by atoms with Crippen LogP contribution in [0.4, 0.5) is 0 Å². The Morgan fingerprint density at radius 3 is 1.20 bits per heavy atom. The molecule has 0 unspecified atom stereocenters. The fourth-order valence-electron chi connectivity index (χ4n) is 8.27. The molecule has 0 saturated heterocycles. The first-order valence-corrected chi connectivity index (χ1v) is 27.9. The quantitative estimate of drug-likeness (QED) is 0.0343. The average Bonchev–Trinajstić information content (AvgIpc) is 3.31. The minimum Gasteiger partial charge on any atom is -0.466 e. The molecule has 1 fully saturated rings. The summed E-state index contributed by atoms with van der Waals surface area (Å²) in [5.41, 5.74) is -2.37. The van der Waals surface area contributed by atoms with Gasteiger partial charge in [0.15, 0.2) is 0 Å². The molecule has 0 atom stereocenters. The van der Waals surface area contributed by atoms with Crippen LogP contribution in [0.2, 0.25) is 0 Å². The van der Waals surface area contributed by atoms with Crippen LogP contribution in [-0.4, -0.2) is 116 Å². The molecule has 1 rings (SSSR count). The second kappa shape index (κ2) is 44.1. The van der Waals surface area contributed by atoms with Crippen molar-refractivity contribution in [3.63, 3.8) is 0 Å². The van der Waals surface area contributed by atoms with Crippen molar-refractivity contribution in [1.82, 2.24) is 4.90 Å². The van der Waals surface area contributed by atoms with Crippen molar-refractivity contribution in [3.05, 3.63) is 0 Å². The molecular formula is C55H97NO14. The Hall–Kier alpha value is -3.59. The molecule has 1 saturated carbocycles. The summed E-state index contributed by atoms with van der Waals surface area (Å²) in [4.78, 5) is 93.5. The summed E-state index contributed by atoms with van der Waals surface area (Å²) in [6.45, 7) is 7.39. The Balaban J connectivity index is 2.96. The van der Waals surface area contributed by atoms with Crippen LogP contribution in [0.1, 0.15) is 245 Å². The van der Waals surface area contributed by atoms with Gasteiger partial charge in [-0.15, -0.1) is 0 Å². The first-order valence-electron chi connectivity index (χ1n) is 27.9. The summed E-state index contributed by atoms with van der Waals surface area (Å²) in [6, 6.07) is 0.216. The number of unbranched alkanes of at least 4 members (excludes halogenated alkanes) is 19. The van der Waals surface area contributed by atoms with Gasteiger partial charge in [0.2, 0.25) is 5.60 Å². The normalized spacial score (nSPS) is 12.6. The summed E-state index contributed by atoms with van der Waals surface area (Å²) in [6.07, 6.45) is 24.8. The maximum atomic E-state index is 14.2. The van der Waals surface area contributed by atoms with E-state index < -0.39 is 42.3 Å². The number of carbonyl (C=O) groups excluding carboxylic acids is 7. The van der Waals surface area contributed by atoms with E-state index in [1.807, 2.05) is 4.90 Å². The van der Waals surface area contributed by atoms with E-state index in [1.165, 1.54) is 6.42 Å². The number of ketones is 1. The van der Waals surface area contributed by atoms with Gasteiger partial charge in [-0.1, -0.05) is 117 Å². The number of Topliss-reactive ketones (excluding diaryl/α,β-unsaturated/α-hetero) is 1. The van der Waals surface area contributed by atoms with E-state index in [1.54, 1.807) is 0 Å². The molecule has 0 heterocycles. The van der Waals surface area contributed by atoms with E-state index in [9.17, 15) is 38.7 Å². The van der Waals surface area contributed by atoms with E-state index in [0.717, 1.165) is 122 Å². The number of nitrogens with zero attached hydrogens (tertiary/aromatic N) is 1. The second-order valence-corrected chi connectivity index (χ2v) is 19.3. The molecule has 15 nitrogen and oxygen atoms in total. The average molecular weight is 996 g/mol. The zero-order valence-corrected chi connectivity index (χ0v) is 44.2. The number of hydrogen-bond acceptors (Lipinski definition) is 15. The zero-order valence-electron chi connectivity index (χ0n) is 44.2. The molecule has 1 aliphatic carbocycles. The Morgan fingerprint density at radius 2 is 0.800 bits per heavy atom. The molecule has 0 aromatic carbocycles. The predicted molar refractivity (Wildman–Crippen MR) is 270 cm³/mol. The fourth-order valence-corrected chi connectivity index (χ4v) is 8.27. The van der Waals surface area contributed by atoms with Gasteiger partial charge in [-0.25, -0.2) is 4.79 Å². The van der Waals surface area contributed by atoms with Crippen LogP contribution in [0.3, 0.4) is 0 Å². The smallest absolute Gasteiger partial charge is 0.351 e. The summed E-state index contributed by atoms with van der Waals surface area (Å²) in [5, 5.41) is 9.69. The van der Waals surface area contributed by atoms with Gasteiger partial charge in [0.1, 0.15) is 5.78 Å². The standard InChI is InChI=1S/C55H97NO14/c1-4-7-10-13-20-32-48(58)33-21-16-17-24-44-69-54(64)55(70-51(61)36-37-56(38-39-57)47-30-29-31-47,45-52(62)67-42-27-18-25-40-65-49(59)34-22-14-11-8-5-2)46-53(63)68-43-28-19-26-41-66-50(60)35-23-15-12-9-6-3/h47,57H,4-46H2,1-3H3. The first-order chi connectivity index (χ1) is 34.0. The van der Waals surface area contributed by atoms with Gasteiger partial charge in [0.25, 0.3) is 0 Å². The monoisotopic (exact) mass is 996 g/mol. The highest BCUT2D eigenvalue weighted by Crippen LogP contribution is 2.28. The summed E-state index contributed by atoms with van der Waals surface area (Å²) in [7, 11) is 0. The third-order valence-corrected chi connectivity index (χ3v) is 12.9. The van der Waals surface area contributed by atoms with E-state index in [-0.39, 0.29) is 76.4 Å². The van der Waals surface area contributed by atoms with Crippen LogP contribution in [0.15, 0.2) is 0 Å². The highest BCUT2D eigenvalue weighted by atomic mass is 16.6. The summed E-state index contributed by atoms with van der Waals surface area (Å²) < 4.78 is 33.3. The number of aliphatic hydroxyl groups excluding tert-OH is 1. The van der Waals surface area contributed by atoms with Crippen LogP contribution in [0.25, 0.3) is 0 Å². The van der Waals surface area contributed by atoms with Gasteiger partial charge >= 0.3 is 35.8 Å². The predicted octanol–water partition coefficient (Wildman–Crippen LogP) is 10.9. The lowest BCUT2D eigenvalue weighted by molar-refractivity contribution is -0.191. The van der Waals surface area contributed by atoms with Crippen molar-refractivity contribution in [2.24, 2.45) is 0 Å². The molecule has 70 heavy (non-hydrogen) atoms. The Bertz CT molecular complexity index is 1350. The fraction of sp³-hybridized carbons (Fsp3) is 0.873. The summed E-state index contributed by atoms with van der Waals surface area (Å²) in [5.74, 6) is -3.79. The van der Waals surface area contributed by atoms with E-state index in [4.69, 9.17) is 28.4 Å². The molecule has 406 valence electrons. The molecule has 0 bridgehead atoms. The highest BCUT2D eigenvalue weighted by Gasteiger charge is 2.49. The van der Waals surface area contributed by atoms with Crippen molar-refractivity contribution < 1.29 is 67.1 Å². The Morgan fingerprint density at radius 1 is 0.429 bits per heavy atom. The third-order valence-electron chi connectivity index (χ3n) is 12.9. The lowest BCUT2D eigenvalue weighted by atomic mass is 9.91. The molecule has 0 aliphatic heterocycles. The largest absolute Gasteiger partial charge is 0.466 e. The second-order valence-electron chi connectivity index (χ2n) is 19.3. The van der Waals surface area contributed by atoms with Crippen LogP contribution in [0.5, 0.6) is 0 Å². The van der Waals surface area contributed by atoms with Crippen molar-refractivity contribution in [1.29, 1.82) is 0 Å². The van der Waals surface area contributed by atoms with Crippen molar-refractivity contribution in [3.8, 4) is 0 Å². The molecule has 1 N–H and O–H groups in total. The Kier molecular flexibility index (Phi) is 40.6. The van der Waals surface area contributed by atoms with E-state index in [0.29, 0.717) is 83.6 Å². The van der Waals surface area contributed by atoms with Gasteiger partial charge in [-0.05, 0) is 83.5 Å². The van der Waals surface area contributed by atoms with Gasteiger partial charge in [-0.3, -0.25) is 33.7 Å². The molecule has 1 aliphatic rings. The van der Waals surface area contributed by atoms with E-state index >= 15 is 0 Å². The zero-order chi connectivity index (χ0) is 51.3. The summed E-state index contributed by atoms with van der Waals surface area (Å²) >= 11 is 0. The molecule has 0 aromatic heterocycles. The Labute approximate surface area is 422 Å². The topological polar surface area (TPSA) is 198 Å². The minimum atomic E-state index is -2.37. The molecule has 0 aromatic rings. The van der Waals surface area contributed by atoms with Crippen molar-refractivity contribution >= 4 is 41.6 Å². The first kappa shape index (κ1) is 64.4. The lowest BCUT2D eigenvalue weighted by Gasteiger charge is -2.37. The highest BCUT2D eigenvalue weighted by molar-refractivity contribution is 5.92. The van der Waals surface area contributed by atoms with Gasteiger partial charge in [0, 0.05) is 44.8 Å².